The van der Waals surface area contributed by atoms with E-state index in [1.165, 1.54) is 18.5 Å². The monoisotopic (exact) mass is 298 g/mol. The fourth-order valence-electron chi connectivity index (χ4n) is 1.71. The molecule has 0 aliphatic heterocycles. The zero-order valence-electron chi connectivity index (χ0n) is 10.9. The number of aromatic amines is 1. The number of aryl methyl sites for hydroxylation is 2. The molecule has 2 rings (SSSR count). The van der Waals surface area contributed by atoms with Crippen molar-refractivity contribution in [1.82, 2.24) is 19.9 Å². The summed E-state index contributed by atoms with van der Waals surface area (Å²) in [6.07, 6.45) is 2.50. The summed E-state index contributed by atoms with van der Waals surface area (Å²) < 4.78 is 39.9. The van der Waals surface area contributed by atoms with Crippen molar-refractivity contribution in [2.45, 2.75) is 24.7 Å². The van der Waals surface area contributed by atoms with E-state index in [0.29, 0.717) is 24.2 Å². The van der Waals surface area contributed by atoms with Crippen molar-refractivity contribution >= 4 is 10.0 Å². The first kappa shape index (κ1) is 14.6. The van der Waals surface area contributed by atoms with E-state index in [0.717, 1.165) is 6.07 Å². The summed E-state index contributed by atoms with van der Waals surface area (Å²) in [6, 6.07) is 3.99. The van der Waals surface area contributed by atoms with Crippen LogP contribution in [0.25, 0.3) is 0 Å². The van der Waals surface area contributed by atoms with Crippen LogP contribution in [-0.4, -0.2) is 30.1 Å². The van der Waals surface area contributed by atoms with E-state index in [4.69, 9.17) is 0 Å². The van der Waals surface area contributed by atoms with Gasteiger partial charge in [-0.1, -0.05) is 6.07 Å². The topological polar surface area (TPSA) is 87.7 Å². The van der Waals surface area contributed by atoms with Crippen molar-refractivity contribution in [3.05, 3.63) is 41.7 Å². The number of hydrogen-bond acceptors (Lipinski definition) is 4. The van der Waals surface area contributed by atoms with Gasteiger partial charge in [-0.2, -0.15) is 5.10 Å². The number of nitrogens with zero attached hydrogens (tertiary/aromatic N) is 2. The average Bonchev–Trinajstić information content (AvgIpc) is 2.90. The second kappa shape index (κ2) is 6.10. The number of hydrogen-bond donors (Lipinski definition) is 2. The third-order valence-corrected chi connectivity index (χ3v) is 4.20. The maximum atomic E-state index is 13.6. The lowest BCUT2D eigenvalue weighted by Crippen LogP contribution is -2.26. The van der Waals surface area contributed by atoms with Crippen molar-refractivity contribution in [3.8, 4) is 0 Å². The summed E-state index contributed by atoms with van der Waals surface area (Å²) in [5, 5.41) is 6.38. The third kappa shape index (κ3) is 3.61. The molecule has 8 heteroatoms. The molecule has 0 bridgehead atoms. The number of rotatable bonds is 6. The maximum Gasteiger partial charge on any atom is 0.243 e. The highest BCUT2D eigenvalue weighted by Crippen LogP contribution is 2.15. The van der Waals surface area contributed by atoms with Crippen molar-refractivity contribution in [1.29, 1.82) is 0 Å². The van der Waals surface area contributed by atoms with Gasteiger partial charge in [-0.15, -0.1) is 0 Å². The minimum absolute atomic E-state index is 0.205. The van der Waals surface area contributed by atoms with Gasteiger partial charge in [-0.05, 0) is 31.0 Å². The fraction of sp³-hybridized carbons (Fsp3) is 0.333. The lowest BCUT2D eigenvalue weighted by atomic mass is 10.2. The Balaban J connectivity index is 1.95. The van der Waals surface area contributed by atoms with Crippen LogP contribution < -0.4 is 4.72 Å². The van der Waals surface area contributed by atoms with Gasteiger partial charge in [0.1, 0.15) is 22.9 Å². The molecule has 1 heterocycles. The van der Waals surface area contributed by atoms with E-state index in [-0.39, 0.29) is 11.4 Å². The molecular formula is C12H15FN4O2S. The van der Waals surface area contributed by atoms with Crippen LogP contribution in [0.3, 0.4) is 0 Å². The first-order valence-electron chi connectivity index (χ1n) is 6.09. The molecule has 0 saturated carbocycles. The molecule has 1 aromatic carbocycles. The van der Waals surface area contributed by atoms with Gasteiger partial charge in [-0.25, -0.2) is 22.5 Å². The van der Waals surface area contributed by atoms with Gasteiger partial charge in [-0.3, -0.25) is 5.10 Å². The Kier molecular flexibility index (Phi) is 4.46. The molecule has 0 fully saturated rings. The Morgan fingerprint density at radius 1 is 1.40 bits per heavy atom. The van der Waals surface area contributed by atoms with Gasteiger partial charge in [0, 0.05) is 13.0 Å². The van der Waals surface area contributed by atoms with Crippen molar-refractivity contribution in [2.75, 3.05) is 6.54 Å². The highest BCUT2D eigenvalue weighted by Gasteiger charge is 2.18. The molecule has 1 aromatic heterocycles. The van der Waals surface area contributed by atoms with Crippen LogP contribution in [0, 0.1) is 12.7 Å². The second-order valence-corrected chi connectivity index (χ2v) is 6.10. The van der Waals surface area contributed by atoms with E-state index >= 15 is 0 Å². The molecule has 108 valence electrons. The van der Waals surface area contributed by atoms with Crippen LogP contribution in [0.15, 0.2) is 29.4 Å². The lowest BCUT2D eigenvalue weighted by molar-refractivity contribution is 0.554. The molecule has 0 atom stereocenters. The molecule has 2 aromatic rings. The Hall–Kier alpha value is -1.80. The van der Waals surface area contributed by atoms with Gasteiger partial charge in [0.15, 0.2) is 0 Å². The smallest absolute Gasteiger partial charge is 0.243 e. The average molecular weight is 298 g/mol. The summed E-state index contributed by atoms with van der Waals surface area (Å²) in [5.74, 6) is -0.0655. The standard InChI is InChI=1S/C12H15FN4O2S/c1-9-4-5-10(13)11(7-9)20(18,19)16-6-2-3-12-14-8-15-17-12/h4-5,7-8,16H,2-3,6H2,1H3,(H,14,15,17). The normalized spacial score (nSPS) is 11.7. The highest BCUT2D eigenvalue weighted by atomic mass is 32.2. The van der Waals surface area contributed by atoms with Gasteiger partial charge in [0.2, 0.25) is 10.0 Å². The fourth-order valence-corrected chi connectivity index (χ4v) is 2.94. The highest BCUT2D eigenvalue weighted by molar-refractivity contribution is 7.89. The van der Waals surface area contributed by atoms with Gasteiger partial charge in [0.25, 0.3) is 0 Å². The van der Waals surface area contributed by atoms with Crippen molar-refractivity contribution in [3.63, 3.8) is 0 Å². The molecule has 0 saturated heterocycles. The molecule has 0 spiro atoms. The lowest BCUT2D eigenvalue weighted by Gasteiger charge is -2.08. The molecule has 0 aliphatic rings. The Bertz CT molecular complexity index is 671. The van der Waals surface area contributed by atoms with Crippen LogP contribution in [0.5, 0.6) is 0 Å². The minimum atomic E-state index is -3.83. The van der Waals surface area contributed by atoms with Gasteiger partial charge < -0.3 is 0 Å². The Morgan fingerprint density at radius 3 is 2.90 bits per heavy atom. The van der Waals surface area contributed by atoms with Crippen LogP contribution >= 0.6 is 0 Å². The SMILES string of the molecule is Cc1ccc(F)c(S(=O)(=O)NCCCc2ncn[nH]2)c1. The first-order chi connectivity index (χ1) is 9.49. The number of aromatic nitrogens is 3. The molecular weight excluding hydrogens is 283 g/mol. The molecule has 20 heavy (non-hydrogen) atoms. The summed E-state index contributed by atoms with van der Waals surface area (Å²) in [7, 11) is -3.83. The van der Waals surface area contributed by atoms with E-state index < -0.39 is 15.8 Å². The van der Waals surface area contributed by atoms with Crippen molar-refractivity contribution < 1.29 is 12.8 Å². The Labute approximate surface area is 116 Å². The number of halogens is 1. The van der Waals surface area contributed by atoms with Gasteiger partial charge in [0.05, 0.1) is 0 Å². The molecule has 0 radical (unpaired) electrons. The van der Waals surface area contributed by atoms with Crippen molar-refractivity contribution in [2.24, 2.45) is 0 Å². The van der Waals surface area contributed by atoms with E-state index in [9.17, 15) is 12.8 Å². The zero-order chi connectivity index (χ0) is 14.6. The number of H-pyrrole nitrogens is 1. The van der Waals surface area contributed by atoms with Crippen LogP contribution in [0.4, 0.5) is 4.39 Å². The Morgan fingerprint density at radius 2 is 2.20 bits per heavy atom. The van der Waals surface area contributed by atoms with Gasteiger partial charge >= 0.3 is 0 Å². The van der Waals surface area contributed by atoms with Crippen LogP contribution in [0.2, 0.25) is 0 Å². The first-order valence-corrected chi connectivity index (χ1v) is 7.57. The largest absolute Gasteiger partial charge is 0.263 e. The van der Waals surface area contributed by atoms with E-state index in [1.807, 2.05) is 0 Å². The summed E-state index contributed by atoms with van der Waals surface area (Å²) in [6.45, 7) is 1.92. The summed E-state index contributed by atoms with van der Waals surface area (Å²) in [4.78, 5) is 3.61. The predicted molar refractivity (Wildman–Crippen MR) is 71.0 cm³/mol. The molecule has 6 nitrogen and oxygen atoms in total. The minimum Gasteiger partial charge on any atom is -0.263 e. The summed E-state index contributed by atoms with van der Waals surface area (Å²) in [5.41, 5.74) is 0.688. The van der Waals surface area contributed by atoms with E-state index in [2.05, 4.69) is 19.9 Å². The second-order valence-electron chi connectivity index (χ2n) is 4.37. The molecule has 0 unspecified atom stereocenters. The third-order valence-electron chi connectivity index (χ3n) is 2.72. The van der Waals surface area contributed by atoms with E-state index in [1.54, 1.807) is 6.92 Å². The van der Waals surface area contributed by atoms with Crippen LogP contribution in [0.1, 0.15) is 17.8 Å². The predicted octanol–water partition coefficient (Wildman–Crippen LogP) is 1.16. The number of benzene rings is 1. The number of sulfonamides is 1. The quantitative estimate of drug-likeness (QED) is 0.783. The van der Waals surface area contributed by atoms with Crippen LogP contribution in [-0.2, 0) is 16.4 Å². The molecule has 0 amide bonds. The number of nitrogens with one attached hydrogen (secondary N) is 2. The molecule has 2 N–H and O–H groups in total. The summed E-state index contributed by atoms with van der Waals surface area (Å²) >= 11 is 0. The zero-order valence-corrected chi connectivity index (χ0v) is 11.7. The maximum absolute atomic E-state index is 13.6. The molecule has 0 aliphatic carbocycles.